The first-order valence-electron chi connectivity index (χ1n) is 9.70. The van der Waals surface area contributed by atoms with Crippen molar-refractivity contribution >= 4 is 5.82 Å². The Balaban J connectivity index is 1.45. The summed E-state index contributed by atoms with van der Waals surface area (Å²) in [5, 5.41) is 7.88. The maximum Gasteiger partial charge on any atom is 0.346 e. The quantitative estimate of drug-likeness (QED) is 0.658. The van der Waals surface area contributed by atoms with Gasteiger partial charge >= 0.3 is 11.7 Å². The van der Waals surface area contributed by atoms with Gasteiger partial charge in [0.2, 0.25) is 5.88 Å². The molecule has 0 saturated heterocycles. The van der Waals surface area contributed by atoms with Gasteiger partial charge < -0.3 is 14.8 Å². The zero-order valence-corrected chi connectivity index (χ0v) is 16.8. The van der Waals surface area contributed by atoms with Gasteiger partial charge in [0, 0.05) is 25.1 Å². The summed E-state index contributed by atoms with van der Waals surface area (Å²) in [6.45, 7) is 0.871. The van der Waals surface area contributed by atoms with Crippen molar-refractivity contribution in [1.82, 2.24) is 24.3 Å². The number of hydrogen-bond donors (Lipinski definition) is 1. The van der Waals surface area contributed by atoms with Gasteiger partial charge in [0.25, 0.3) is 0 Å². The monoisotopic (exact) mass is 414 g/mol. The van der Waals surface area contributed by atoms with Crippen molar-refractivity contribution in [2.45, 2.75) is 38.4 Å². The molecule has 2 aromatic heterocycles. The molecule has 1 unspecified atom stereocenters. The van der Waals surface area contributed by atoms with Crippen LogP contribution in [0.2, 0.25) is 0 Å². The number of aryl methyl sites for hydroxylation is 1. The van der Waals surface area contributed by atoms with E-state index in [1.165, 1.54) is 31.0 Å². The Labute approximate surface area is 172 Å². The van der Waals surface area contributed by atoms with Gasteiger partial charge in [0.1, 0.15) is 17.5 Å². The highest BCUT2D eigenvalue weighted by molar-refractivity contribution is 5.40. The molecule has 0 spiro atoms. The normalized spacial score (nSPS) is 15.9. The van der Waals surface area contributed by atoms with Gasteiger partial charge in [-0.25, -0.2) is 13.9 Å². The fourth-order valence-electron chi connectivity index (χ4n) is 3.52. The van der Waals surface area contributed by atoms with Crippen molar-refractivity contribution in [1.29, 1.82) is 0 Å². The van der Waals surface area contributed by atoms with Crippen LogP contribution in [0.25, 0.3) is 0 Å². The van der Waals surface area contributed by atoms with E-state index in [2.05, 4.69) is 20.4 Å². The average Bonchev–Trinajstić information content (AvgIpc) is 2.92. The van der Waals surface area contributed by atoms with Crippen molar-refractivity contribution in [3.63, 3.8) is 0 Å². The molecular formula is C20H23FN6O3. The predicted molar refractivity (Wildman–Crippen MR) is 107 cm³/mol. The first kappa shape index (κ1) is 19.9. The van der Waals surface area contributed by atoms with Crippen LogP contribution in [-0.4, -0.2) is 44.6 Å². The highest BCUT2D eigenvalue weighted by Crippen LogP contribution is 2.21. The number of anilines is 1. The minimum Gasteiger partial charge on any atom is -0.481 e. The number of nitrogens with one attached hydrogen (secondary N) is 1. The molecule has 4 rings (SSSR count). The lowest BCUT2D eigenvalue weighted by Gasteiger charge is -2.17. The number of methoxy groups -OCH3 is 2. The minimum absolute atomic E-state index is 0.112. The lowest BCUT2D eigenvalue weighted by Crippen LogP contribution is -2.27. The van der Waals surface area contributed by atoms with E-state index >= 15 is 0 Å². The highest BCUT2D eigenvalue weighted by Gasteiger charge is 2.21. The van der Waals surface area contributed by atoms with Gasteiger partial charge in [-0.2, -0.15) is 15.1 Å². The van der Waals surface area contributed by atoms with Gasteiger partial charge in [-0.05, 0) is 30.5 Å². The van der Waals surface area contributed by atoms with E-state index in [-0.39, 0.29) is 23.6 Å². The molecule has 1 aliphatic rings. The second-order valence-electron chi connectivity index (χ2n) is 7.09. The van der Waals surface area contributed by atoms with E-state index in [0.717, 1.165) is 24.2 Å². The number of nitrogens with zero attached hydrogens (tertiary/aromatic N) is 5. The summed E-state index contributed by atoms with van der Waals surface area (Å²) in [5.74, 6) is 1.47. The molecule has 3 heterocycles. The summed E-state index contributed by atoms with van der Waals surface area (Å²) in [7, 11) is 3.03. The molecule has 1 N–H and O–H groups in total. The molecule has 0 radical (unpaired) electrons. The second kappa shape index (κ2) is 8.52. The molecule has 10 heteroatoms. The molecule has 1 aliphatic heterocycles. The van der Waals surface area contributed by atoms with Crippen LogP contribution in [0.15, 0.2) is 35.1 Å². The van der Waals surface area contributed by atoms with Crippen molar-refractivity contribution in [3.05, 3.63) is 58.0 Å². The minimum atomic E-state index is -0.302. The average molecular weight is 414 g/mol. The Kier molecular flexibility index (Phi) is 5.64. The lowest BCUT2D eigenvalue weighted by molar-refractivity contribution is 0.352. The topological polar surface area (TPSA) is 96.1 Å². The molecule has 30 heavy (non-hydrogen) atoms. The molecule has 9 nitrogen and oxygen atoms in total. The Bertz CT molecular complexity index is 1060. The molecule has 0 bridgehead atoms. The van der Waals surface area contributed by atoms with E-state index in [1.807, 2.05) is 0 Å². The summed E-state index contributed by atoms with van der Waals surface area (Å²) >= 11 is 0. The Morgan fingerprint density at radius 1 is 1.17 bits per heavy atom. The molecule has 0 amide bonds. The summed E-state index contributed by atoms with van der Waals surface area (Å²) in [4.78, 5) is 21.2. The number of rotatable bonds is 6. The van der Waals surface area contributed by atoms with E-state index in [9.17, 15) is 9.18 Å². The van der Waals surface area contributed by atoms with E-state index in [0.29, 0.717) is 31.2 Å². The standard InChI is InChI=1S/C20H23FN6O3/c1-29-18-11-16(23-19(24-18)30-2)22-15-7-8-17-25-27(20(28)26(17)10-9-15)12-13-3-5-14(21)6-4-13/h3-6,11,15H,7-10,12H2,1-2H3,(H,22,23,24). The molecule has 158 valence electrons. The number of aromatic nitrogens is 5. The largest absolute Gasteiger partial charge is 0.481 e. The van der Waals surface area contributed by atoms with Crippen LogP contribution in [0.1, 0.15) is 24.2 Å². The Hall–Kier alpha value is -3.43. The van der Waals surface area contributed by atoms with Gasteiger partial charge in [-0.3, -0.25) is 4.57 Å². The number of halogens is 1. The smallest absolute Gasteiger partial charge is 0.346 e. The maximum absolute atomic E-state index is 13.1. The predicted octanol–water partition coefficient (Wildman–Crippen LogP) is 1.86. The molecule has 1 atom stereocenters. The summed E-state index contributed by atoms with van der Waals surface area (Å²) in [5.41, 5.74) is 0.679. The molecule has 1 aromatic carbocycles. The molecule has 0 fully saturated rings. The molecular weight excluding hydrogens is 391 g/mol. The van der Waals surface area contributed by atoms with Crippen LogP contribution in [0.5, 0.6) is 11.9 Å². The van der Waals surface area contributed by atoms with E-state index in [1.54, 1.807) is 22.8 Å². The third-order valence-corrected chi connectivity index (χ3v) is 5.09. The number of benzene rings is 1. The Morgan fingerprint density at radius 2 is 1.97 bits per heavy atom. The number of hydrogen-bond acceptors (Lipinski definition) is 7. The third-order valence-electron chi connectivity index (χ3n) is 5.09. The van der Waals surface area contributed by atoms with Crippen LogP contribution < -0.4 is 20.5 Å². The van der Waals surface area contributed by atoms with Crippen LogP contribution in [0.4, 0.5) is 10.2 Å². The summed E-state index contributed by atoms with van der Waals surface area (Å²) in [6, 6.07) is 8.14. The van der Waals surface area contributed by atoms with Crippen molar-refractivity contribution in [3.8, 4) is 11.9 Å². The van der Waals surface area contributed by atoms with Crippen molar-refractivity contribution in [2.24, 2.45) is 0 Å². The zero-order chi connectivity index (χ0) is 21.1. The Morgan fingerprint density at radius 3 is 2.70 bits per heavy atom. The lowest BCUT2D eigenvalue weighted by atomic mass is 10.1. The highest BCUT2D eigenvalue weighted by atomic mass is 19.1. The van der Waals surface area contributed by atoms with Crippen molar-refractivity contribution < 1.29 is 13.9 Å². The SMILES string of the molecule is COc1cc(NC2CCc3nn(Cc4ccc(F)cc4)c(=O)n3CC2)nc(OC)n1. The van der Waals surface area contributed by atoms with Crippen molar-refractivity contribution in [2.75, 3.05) is 19.5 Å². The molecule has 3 aromatic rings. The van der Waals surface area contributed by atoms with Gasteiger partial charge in [0.15, 0.2) is 0 Å². The first-order valence-corrected chi connectivity index (χ1v) is 9.70. The fraction of sp³-hybridized carbons (Fsp3) is 0.400. The fourth-order valence-corrected chi connectivity index (χ4v) is 3.52. The third kappa shape index (κ3) is 4.27. The van der Waals surface area contributed by atoms with Crippen LogP contribution >= 0.6 is 0 Å². The second-order valence-corrected chi connectivity index (χ2v) is 7.09. The number of fused-ring (bicyclic) bond motifs is 1. The van der Waals surface area contributed by atoms with E-state index < -0.39 is 0 Å². The van der Waals surface area contributed by atoms with Crippen LogP contribution in [0.3, 0.4) is 0 Å². The molecule has 0 aliphatic carbocycles. The first-order chi connectivity index (χ1) is 14.6. The molecule has 0 saturated carbocycles. The van der Waals surface area contributed by atoms with Gasteiger partial charge in [-0.1, -0.05) is 12.1 Å². The van der Waals surface area contributed by atoms with Gasteiger partial charge in [0.05, 0.1) is 20.8 Å². The maximum atomic E-state index is 13.1. The van der Waals surface area contributed by atoms with Gasteiger partial charge in [-0.15, -0.1) is 0 Å². The van der Waals surface area contributed by atoms with Crippen LogP contribution in [-0.2, 0) is 19.5 Å². The van der Waals surface area contributed by atoms with E-state index in [4.69, 9.17) is 9.47 Å². The van der Waals surface area contributed by atoms with Crippen LogP contribution in [0, 0.1) is 5.82 Å². The summed E-state index contributed by atoms with van der Waals surface area (Å²) in [6.07, 6.45) is 2.19. The summed E-state index contributed by atoms with van der Waals surface area (Å²) < 4.78 is 26.5. The zero-order valence-electron chi connectivity index (χ0n) is 16.8. The number of ether oxygens (including phenoxy) is 2.